The largest absolute Gasteiger partial charge is 0.309 e. The van der Waals surface area contributed by atoms with Crippen LogP contribution in [0.1, 0.15) is 50.6 Å². The van der Waals surface area contributed by atoms with Crippen LogP contribution in [0.25, 0.3) is 0 Å². The van der Waals surface area contributed by atoms with Gasteiger partial charge in [0.15, 0.2) is 0 Å². The molecule has 108 valence electrons. The van der Waals surface area contributed by atoms with Crippen molar-refractivity contribution in [3.63, 3.8) is 0 Å². The molecule has 3 nitrogen and oxygen atoms in total. The highest BCUT2D eigenvalue weighted by atomic mass is 32.1. The summed E-state index contributed by atoms with van der Waals surface area (Å²) in [4.78, 5) is 0. The van der Waals surface area contributed by atoms with Crippen molar-refractivity contribution in [3.8, 4) is 0 Å². The van der Waals surface area contributed by atoms with Gasteiger partial charge in [-0.15, -0.1) is 0 Å². The summed E-state index contributed by atoms with van der Waals surface area (Å²) in [6.07, 6.45) is 2.81. The van der Waals surface area contributed by atoms with Gasteiger partial charge < -0.3 is 5.32 Å². The zero-order valence-corrected chi connectivity index (χ0v) is 13.5. The average molecular weight is 289 g/mol. The Kier molecular flexibility index (Phi) is 4.89. The van der Waals surface area contributed by atoms with Crippen LogP contribution in [0.15, 0.2) is 30.5 Å². The zero-order valence-electron chi connectivity index (χ0n) is 12.7. The molecule has 0 saturated heterocycles. The molecule has 0 fully saturated rings. The van der Waals surface area contributed by atoms with Crippen LogP contribution in [-0.2, 0) is 11.8 Å². The first-order valence-electron chi connectivity index (χ1n) is 7.11. The van der Waals surface area contributed by atoms with Crippen molar-refractivity contribution in [2.24, 2.45) is 0 Å². The molecular weight excluding hydrogens is 266 g/mol. The van der Waals surface area contributed by atoms with Crippen molar-refractivity contribution in [3.05, 3.63) is 47.3 Å². The maximum atomic E-state index is 4.36. The third-order valence-corrected chi connectivity index (χ3v) is 3.94. The summed E-state index contributed by atoms with van der Waals surface area (Å²) < 4.78 is 8.46. The van der Waals surface area contributed by atoms with Gasteiger partial charge >= 0.3 is 0 Å². The molecule has 0 bridgehead atoms. The van der Waals surface area contributed by atoms with Gasteiger partial charge in [0.2, 0.25) is 0 Å². The fraction of sp³-hybridized carbons (Fsp3) is 0.500. The second kappa shape index (κ2) is 6.46. The number of aromatic nitrogens is 2. The van der Waals surface area contributed by atoms with Crippen LogP contribution in [0.5, 0.6) is 0 Å². The summed E-state index contributed by atoms with van der Waals surface area (Å²) in [5.41, 5.74) is 3.95. The normalized spacial score (nSPS) is 13.4. The van der Waals surface area contributed by atoms with Gasteiger partial charge in [0.1, 0.15) is 0 Å². The van der Waals surface area contributed by atoms with Gasteiger partial charge in [-0.25, -0.2) is 0 Å². The number of hydrogen-bond donors (Lipinski definition) is 1. The lowest BCUT2D eigenvalue weighted by molar-refractivity contribution is 0.539. The van der Waals surface area contributed by atoms with Crippen LogP contribution in [0.4, 0.5) is 0 Å². The minimum absolute atomic E-state index is 0.207. The topological polar surface area (TPSA) is 37.8 Å². The van der Waals surface area contributed by atoms with E-state index in [9.17, 15) is 0 Å². The van der Waals surface area contributed by atoms with Crippen molar-refractivity contribution >= 4 is 11.7 Å². The SMILES string of the molecule is CCNC(Cc1ccc(C(C)(C)C)cc1)c1cnsn1. The maximum absolute atomic E-state index is 4.36. The molecule has 20 heavy (non-hydrogen) atoms. The Morgan fingerprint density at radius 1 is 1.20 bits per heavy atom. The molecule has 0 radical (unpaired) electrons. The summed E-state index contributed by atoms with van der Waals surface area (Å²) >= 11 is 1.27. The van der Waals surface area contributed by atoms with E-state index in [1.807, 2.05) is 6.20 Å². The molecule has 1 heterocycles. The summed E-state index contributed by atoms with van der Waals surface area (Å²) in [6, 6.07) is 9.17. The van der Waals surface area contributed by atoms with Crippen LogP contribution in [0.2, 0.25) is 0 Å². The van der Waals surface area contributed by atoms with Crippen molar-refractivity contribution in [2.75, 3.05) is 6.54 Å². The van der Waals surface area contributed by atoms with Crippen molar-refractivity contribution in [2.45, 2.75) is 45.6 Å². The van der Waals surface area contributed by atoms with Crippen LogP contribution in [-0.4, -0.2) is 15.3 Å². The molecular formula is C16H23N3S. The molecule has 1 aromatic heterocycles. The molecule has 0 aliphatic rings. The molecule has 0 aliphatic heterocycles. The maximum Gasteiger partial charge on any atom is 0.0915 e. The van der Waals surface area contributed by atoms with Crippen molar-refractivity contribution in [1.29, 1.82) is 0 Å². The molecule has 0 spiro atoms. The number of benzene rings is 1. The second-order valence-electron chi connectivity index (χ2n) is 6.09. The molecule has 1 unspecified atom stereocenters. The Labute approximate surface area is 125 Å². The lowest BCUT2D eigenvalue weighted by Gasteiger charge is -2.20. The fourth-order valence-electron chi connectivity index (χ4n) is 2.23. The first-order valence-corrected chi connectivity index (χ1v) is 7.84. The van der Waals surface area contributed by atoms with E-state index in [0.29, 0.717) is 0 Å². The van der Waals surface area contributed by atoms with E-state index in [4.69, 9.17) is 0 Å². The Balaban J connectivity index is 2.11. The minimum Gasteiger partial charge on any atom is -0.309 e. The summed E-state index contributed by atoms with van der Waals surface area (Å²) in [6.45, 7) is 9.77. The highest BCUT2D eigenvalue weighted by molar-refractivity contribution is 6.99. The smallest absolute Gasteiger partial charge is 0.0915 e. The number of rotatable bonds is 5. The van der Waals surface area contributed by atoms with E-state index in [2.05, 4.69) is 66.0 Å². The van der Waals surface area contributed by atoms with Crippen LogP contribution < -0.4 is 5.32 Å². The van der Waals surface area contributed by atoms with Crippen molar-refractivity contribution < 1.29 is 0 Å². The summed E-state index contributed by atoms with van der Waals surface area (Å²) in [5, 5.41) is 3.48. The summed E-state index contributed by atoms with van der Waals surface area (Å²) in [7, 11) is 0. The van der Waals surface area contributed by atoms with E-state index in [0.717, 1.165) is 18.7 Å². The Morgan fingerprint density at radius 3 is 2.40 bits per heavy atom. The standard InChI is InChI=1S/C16H23N3S/c1-5-17-14(15-11-18-20-19-15)10-12-6-8-13(9-7-12)16(2,3)4/h6-9,11,14,17H,5,10H2,1-4H3. The molecule has 1 N–H and O–H groups in total. The van der Waals surface area contributed by atoms with Gasteiger partial charge in [-0.2, -0.15) is 8.75 Å². The molecule has 2 aromatic rings. The number of nitrogens with zero attached hydrogens (tertiary/aromatic N) is 2. The zero-order chi connectivity index (χ0) is 14.6. The number of likely N-dealkylation sites (N-methyl/N-ethyl adjacent to an activating group) is 1. The first-order chi connectivity index (χ1) is 9.50. The van der Waals surface area contributed by atoms with E-state index in [1.54, 1.807) is 0 Å². The van der Waals surface area contributed by atoms with Crippen LogP contribution >= 0.6 is 11.7 Å². The monoisotopic (exact) mass is 289 g/mol. The third kappa shape index (κ3) is 3.87. The lowest BCUT2D eigenvalue weighted by atomic mass is 9.86. The molecule has 0 saturated carbocycles. The van der Waals surface area contributed by atoms with Gasteiger partial charge in [0, 0.05) is 0 Å². The van der Waals surface area contributed by atoms with Crippen LogP contribution in [0, 0.1) is 0 Å². The Hall–Kier alpha value is -1.26. The van der Waals surface area contributed by atoms with E-state index >= 15 is 0 Å². The average Bonchev–Trinajstić information content (AvgIpc) is 2.91. The quantitative estimate of drug-likeness (QED) is 0.911. The summed E-state index contributed by atoms with van der Waals surface area (Å²) in [5.74, 6) is 0. The van der Waals surface area contributed by atoms with E-state index in [-0.39, 0.29) is 11.5 Å². The highest BCUT2D eigenvalue weighted by Gasteiger charge is 2.16. The van der Waals surface area contributed by atoms with Gasteiger partial charge in [0.05, 0.1) is 29.7 Å². The predicted octanol–water partition coefficient (Wildman–Crippen LogP) is 3.73. The highest BCUT2D eigenvalue weighted by Crippen LogP contribution is 2.24. The van der Waals surface area contributed by atoms with Gasteiger partial charge in [-0.05, 0) is 29.5 Å². The van der Waals surface area contributed by atoms with Gasteiger partial charge in [-0.1, -0.05) is 52.0 Å². The predicted molar refractivity (Wildman–Crippen MR) is 85.2 cm³/mol. The van der Waals surface area contributed by atoms with Gasteiger partial charge in [-0.3, -0.25) is 0 Å². The number of hydrogen-bond acceptors (Lipinski definition) is 4. The Bertz CT molecular complexity index is 512. The number of nitrogens with one attached hydrogen (secondary N) is 1. The first kappa shape index (κ1) is 15.1. The van der Waals surface area contributed by atoms with E-state index < -0.39 is 0 Å². The van der Waals surface area contributed by atoms with Gasteiger partial charge in [0.25, 0.3) is 0 Å². The molecule has 2 rings (SSSR count). The fourth-order valence-corrected chi connectivity index (χ4v) is 2.70. The lowest BCUT2D eigenvalue weighted by Crippen LogP contribution is -2.23. The van der Waals surface area contributed by atoms with Crippen molar-refractivity contribution in [1.82, 2.24) is 14.1 Å². The molecule has 0 aliphatic carbocycles. The Morgan fingerprint density at radius 2 is 1.90 bits per heavy atom. The second-order valence-corrected chi connectivity index (χ2v) is 6.65. The molecule has 1 atom stereocenters. The molecule has 4 heteroatoms. The minimum atomic E-state index is 0.207. The molecule has 1 aromatic carbocycles. The third-order valence-electron chi connectivity index (χ3n) is 3.45. The van der Waals surface area contributed by atoms with E-state index in [1.165, 1.54) is 22.9 Å². The molecule has 0 amide bonds. The van der Waals surface area contributed by atoms with Crippen LogP contribution in [0.3, 0.4) is 0 Å².